The lowest BCUT2D eigenvalue weighted by molar-refractivity contribution is 0.233. The van der Waals surface area contributed by atoms with Crippen LogP contribution in [0.1, 0.15) is 190 Å². The molecule has 0 radical (unpaired) electrons. The average Bonchev–Trinajstić information content (AvgIpc) is 3.98. The minimum Gasteiger partial charge on any atom is -0.460 e. The van der Waals surface area contributed by atoms with E-state index in [1.807, 2.05) is 44.3 Å². The van der Waals surface area contributed by atoms with E-state index in [1.165, 1.54) is 183 Å². The second-order valence-corrected chi connectivity index (χ2v) is 19.6. The lowest BCUT2D eigenvalue weighted by Gasteiger charge is -2.24. The van der Waals surface area contributed by atoms with Crippen LogP contribution in [0.25, 0.3) is 0 Å². The Hall–Kier alpha value is -3.34. The van der Waals surface area contributed by atoms with E-state index < -0.39 is 0 Å². The van der Waals surface area contributed by atoms with Gasteiger partial charge in [-0.15, -0.1) is 0 Å². The number of aliphatic imine (C=N–C) groups is 2. The van der Waals surface area contributed by atoms with Gasteiger partial charge >= 0.3 is 0 Å². The fraction of sp³-hybridized carbons (Fsp3) is 0.633. The van der Waals surface area contributed by atoms with Crippen LogP contribution >= 0.6 is 15.9 Å². The van der Waals surface area contributed by atoms with Gasteiger partial charge in [0, 0.05) is 18.4 Å². The Morgan fingerprint density at radius 2 is 0.841 bits per heavy atom. The van der Waals surface area contributed by atoms with Crippen molar-refractivity contribution in [3.63, 3.8) is 0 Å². The second-order valence-electron chi connectivity index (χ2n) is 18.8. The Labute approximate surface area is 431 Å². The summed E-state index contributed by atoms with van der Waals surface area (Å²) in [7, 11) is 0. The summed E-state index contributed by atoms with van der Waals surface area (Å²) in [6, 6.07) is 25.6. The predicted octanol–water partition coefficient (Wildman–Crippen LogP) is 15.7. The Bertz CT molecular complexity index is 1790. The maximum atomic E-state index is 5.55. The van der Waals surface area contributed by atoms with Crippen LogP contribution in [0.2, 0.25) is 0 Å². The SMILES string of the molecule is CCCCCCBr.CCCCCCN(CCCCN(CCC)CCC)Cc1ccc(CN=Cc2ccc(C)o2)cc1.CCCN(CCC)CCCCNCc1ccc(CN=Cc2ccc(C)o2)cc1. The molecule has 0 bridgehead atoms. The third-order valence-electron chi connectivity index (χ3n) is 12.0. The third kappa shape index (κ3) is 32.3. The van der Waals surface area contributed by atoms with Crippen molar-refractivity contribution < 1.29 is 8.83 Å². The van der Waals surface area contributed by atoms with Gasteiger partial charge in [0.25, 0.3) is 0 Å². The predicted molar refractivity (Wildman–Crippen MR) is 304 cm³/mol. The van der Waals surface area contributed by atoms with Crippen LogP contribution in [0.4, 0.5) is 0 Å². The molecule has 388 valence electrons. The molecule has 8 nitrogen and oxygen atoms in total. The lowest BCUT2D eigenvalue weighted by Crippen LogP contribution is -2.29. The largest absolute Gasteiger partial charge is 0.460 e. The molecule has 0 atom stereocenters. The maximum Gasteiger partial charge on any atom is 0.144 e. The van der Waals surface area contributed by atoms with E-state index in [0.717, 1.165) is 42.7 Å². The highest BCUT2D eigenvalue weighted by atomic mass is 79.9. The molecule has 0 aliphatic heterocycles. The van der Waals surface area contributed by atoms with Gasteiger partial charge in [0.1, 0.15) is 23.0 Å². The number of nitrogens with one attached hydrogen (secondary N) is 1. The average molecular weight is 1020 g/mol. The standard InChI is InChI=1S/C30H49N3O.C24H37N3O.C6H13Br/c1-5-8-9-10-22-33(23-12-11-21-32(19-6-2)20-7-3)26-29-16-14-28(15-17-29)24-31-25-30-18-13-27(4)34-30;1-4-15-27(16-5-2)17-7-6-14-25-18-22-9-11-23(12-10-22)19-26-20-24-13-8-21(3)28-24;1-2-3-4-5-6-7/h13-18,25H,5-12,19-24,26H2,1-4H3;8-13,20,25H,4-7,14-19H2,1-3H3;2-6H2,1H3. The van der Waals surface area contributed by atoms with Gasteiger partial charge in [-0.2, -0.15) is 0 Å². The van der Waals surface area contributed by atoms with Crippen LogP contribution in [0.15, 0.2) is 91.6 Å². The lowest BCUT2D eigenvalue weighted by atomic mass is 10.1. The Morgan fingerprint density at radius 3 is 1.26 bits per heavy atom. The first-order valence-corrected chi connectivity index (χ1v) is 28.6. The molecule has 2 aromatic carbocycles. The van der Waals surface area contributed by atoms with E-state index in [2.05, 4.69) is 136 Å². The normalized spacial score (nSPS) is 11.6. The summed E-state index contributed by atoms with van der Waals surface area (Å²) in [4.78, 5) is 16.9. The van der Waals surface area contributed by atoms with E-state index in [9.17, 15) is 0 Å². The zero-order valence-electron chi connectivity index (χ0n) is 45.2. The summed E-state index contributed by atoms with van der Waals surface area (Å²) < 4.78 is 11.0. The summed E-state index contributed by atoms with van der Waals surface area (Å²) in [5.41, 5.74) is 5.19. The first-order valence-electron chi connectivity index (χ1n) is 27.5. The number of furan rings is 2. The molecule has 0 unspecified atom stereocenters. The quantitative estimate of drug-likeness (QED) is 0.0276. The Morgan fingerprint density at radius 1 is 0.435 bits per heavy atom. The molecule has 69 heavy (non-hydrogen) atoms. The Balaban J connectivity index is 0.000000421. The Kier molecular flexibility index (Phi) is 37.9. The van der Waals surface area contributed by atoms with Crippen LogP contribution in [0, 0.1) is 13.8 Å². The molecule has 0 fully saturated rings. The highest BCUT2D eigenvalue weighted by Gasteiger charge is 2.09. The summed E-state index contributed by atoms with van der Waals surface area (Å²) in [6.45, 7) is 31.8. The summed E-state index contributed by atoms with van der Waals surface area (Å²) >= 11 is 3.38. The maximum absolute atomic E-state index is 5.55. The van der Waals surface area contributed by atoms with Gasteiger partial charge in [0.15, 0.2) is 0 Å². The minimum atomic E-state index is 0.680. The van der Waals surface area contributed by atoms with Crippen molar-refractivity contribution in [3.05, 3.63) is 118 Å². The van der Waals surface area contributed by atoms with Crippen LogP contribution in [0.3, 0.4) is 0 Å². The molecule has 0 aliphatic rings. The minimum absolute atomic E-state index is 0.680. The third-order valence-corrected chi connectivity index (χ3v) is 12.6. The number of hydrogen-bond acceptors (Lipinski definition) is 8. The van der Waals surface area contributed by atoms with Gasteiger partial charge in [-0.1, -0.05) is 145 Å². The molecular formula is C60H99BrN6O2. The smallest absolute Gasteiger partial charge is 0.144 e. The number of rotatable bonds is 37. The number of hydrogen-bond donors (Lipinski definition) is 1. The van der Waals surface area contributed by atoms with Crippen LogP contribution < -0.4 is 5.32 Å². The molecule has 2 aromatic heterocycles. The monoisotopic (exact) mass is 1010 g/mol. The number of aryl methyl sites for hydroxylation is 2. The van der Waals surface area contributed by atoms with Gasteiger partial charge in [-0.25, -0.2) is 0 Å². The van der Waals surface area contributed by atoms with Crippen LogP contribution in [-0.4, -0.2) is 91.4 Å². The zero-order chi connectivity index (χ0) is 50.0. The van der Waals surface area contributed by atoms with Crippen molar-refractivity contribution in [2.24, 2.45) is 9.98 Å². The van der Waals surface area contributed by atoms with Crippen LogP contribution in [0.5, 0.6) is 0 Å². The molecule has 0 saturated heterocycles. The van der Waals surface area contributed by atoms with Crippen molar-refractivity contribution in [1.82, 2.24) is 20.0 Å². The van der Waals surface area contributed by atoms with Gasteiger partial charge in [0.05, 0.1) is 25.5 Å². The van der Waals surface area contributed by atoms with Gasteiger partial charge in [-0.05, 0) is 183 Å². The first kappa shape index (κ1) is 61.8. The van der Waals surface area contributed by atoms with Gasteiger partial charge in [0.2, 0.25) is 0 Å². The van der Waals surface area contributed by atoms with E-state index in [4.69, 9.17) is 8.83 Å². The van der Waals surface area contributed by atoms with Crippen molar-refractivity contribution in [2.45, 2.75) is 184 Å². The van der Waals surface area contributed by atoms with Gasteiger partial charge < -0.3 is 24.0 Å². The highest BCUT2D eigenvalue weighted by molar-refractivity contribution is 9.09. The summed E-state index contributed by atoms with van der Waals surface area (Å²) in [6.07, 6.45) is 24.5. The molecule has 0 amide bonds. The number of unbranched alkanes of at least 4 members (excludes halogenated alkanes) is 8. The molecule has 2 heterocycles. The van der Waals surface area contributed by atoms with E-state index in [1.54, 1.807) is 6.21 Å². The molecule has 4 rings (SSSR count). The molecule has 0 saturated carbocycles. The van der Waals surface area contributed by atoms with Crippen molar-refractivity contribution in [2.75, 3.05) is 64.2 Å². The second kappa shape index (κ2) is 42.4. The van der Waals surface area contributed by atoms with E-state index in [-0.39, 0.29) is 0 Å². The van der Waals surface area contributed by atoms with Crippen molar-refractivity contribution in [1.29, 1.82) is 0 Å². The molecule has 4 aromatic rings. The van der Waals surface area contributed by atoms with Gasteiger partial charge in [-0.3, -0.25) is 14.9 Å². The topological polar surface area (TPSA) is 72.8 Å². The van der Waals surface area contributed by atoms with E-state index >= 15 is 0 Å². The highest BCUT2D eigenvalue weighted by Crippen LogP contribution is 2.13. The zero-order valence-corrected chi connectivity index (χ0v) is 46.8. The van der Waals surface area contributed by atoms with Crippen LogP contribution in [-0.2, 0) is 26.2 Å². The summed E-state index contributed by atoms with van der Waals surface area (Å²) in [5, 5.41) is 4.74. The molecule has 1 N–H and O–H groups in total. The number of halogens is 1. The number of alkyl halides is 1. The molecule has 0 aliphatic carbocycles. The first-order chi connectivity index (χ1) is 33.8. The summed E-state index contributed by atoms with van der Waals surface area (Å²) in [5.74, 6) is 3.47. The van der Waals surface area contributed by atoms with E-state index in [0.29, 0.717) is 13.1 Å². The van der Waals surface area contributed by atoms with Crippen molar-refractivity contribution >= 4 is 28.4 Å². The fourth-order valence-corrected chi connectivity index (χ4v) is 8.67. The number of nitrogens with zero attached hydrogens (tertiary/aromatic N) is 5. The molecular weight excluding hydrogens is 917 g/mol. The number of benzene rings is 2. The molecule has 0 spiro atoms. The fourth-order valence-electron chi connectivity index (χ4n) is 8.28. The molecule has 9 heteroatoms. The van der Waals surface area contributed by atoms with Crippen molar-refractivity contribution in [3.8, 4) is 0 Å².